The Labute approximate surface area is 55.5 Å². The van der Waals surface area contributed by atoms with Crippen molar-refractivity contribution in [2.75, 3.05) is 0 Å². The molecule has 0 heterocycles. The maximum atomic E-state index is 7.29. The zero-order valence-corrected chi connectivity index (χ0v) is 3.27. The summed E-state index contributed by atoms with van der Waals surface area (Å²) in [5.74, 6) is 0. The fraction of sp³-hybridized carbons (Fsp3) is 0. The van der Waals surface area contributed by atoms with Gasteiger partial charge in [0.05, 0.1) is 0 Å². The van der Waals surface area contributed by atoms with E-state index in [1.54, 1.807) is 21.0 Å². The van der Waals surface area contributed by atoms with Crippen molar-refractivity contribution in [3.05, 3.63) is 0 Å². The summed E-state index contributed by atoms with van der Waals surface area (Å²) in [6.07, 6.45) is 0. The Morgan fingerprint density at radius 3 is 1.75 bits per heavy atom. The summed E-state index contributed by atoms with van der Waals surface area (Å²) >= 11 is 1.77. The predicted molar refractivity (Wildman–Crippen MR) is 19.9 cm³/mol. The molecule has 0 aromatic heterocycles. The van der Waals surface area contributed by atoms with Crippen molar-refractivity contribution >= 4 is 45.6 Å². The minimum atomic E-state index is 0. The molecular formula is CH2NNaSe. The third-order valence-corrected chi connectivity index (χ3v) is 0. The van der Waals surface area contributed by atoms with Crippen molar-refractivity contribution in [1.82, 2.24) is 0 Å². The molecule has 0 aliphatic carbocycles. The van der Waals surface area contributed by atoms with Crippen LogP contribution in [-0.2, 0) is 0 Å². The topological polar surface area (TPSA) is 23.8 Å². The van der Waals surface area contributed by atoms with Crippen LogP contribution in [0.4, 0.5) is 0 Å². The second kappa shape index (κ2) is 8.99. The Morgan fingerprint density at radius 1 is 1.75 bits per heavy atom. The van der Waals surface area contributed by atoms with E-state index in [2.05, 4.69) is 0 Å². The van der Waals surface area contributed by atoms with Crippen LogP contribution in [-0.4, -0.2) is 45.6 Å². The molecule has 3 heteroatoms. The van der Waals surface area contributed by atoms with E-state index in [1.165, 1.54) is 0 Å². The number of nitriles is 1. The second-order valence-corrected chi connectivity index (χ2v) is 0.520. The average molecular weight is 130 g/mol. The third kappa shape index (κ3) is 11.9. The van der Waals surface area contributed by atoms with Gasteiger partial charge in [-0.25, -0.2) is 0 Å². The van der Waals surface area contributed by atoms with Gasteiger partial charge in [0.25, 0.3) is 0 Å². The Bertz CT molecular complexity index is 29.5. The van der Waals surface area contributed by atoms with Crippen LogP contribution >= 0.6 is 0 Å². The Morgan fingerprint density at radius 2 is 1.75 bits per heavy atom. The van der Waals surface area contributed by atoms with Gasteiger partial charge in [-0.1, -0.05) is 0 Å². The summed E-state index contributed by atoms with van der Waals surface area (Å²) in [5, 5.41) is 7.29. The fourth-order valence-corrected chi connectivity index (χ4v) is 0. The predicted octanol–water partition coefficient (Wildman–Crippen LogP) is -1.28. The van der Waals surface area contributed by atoms with Gasteiger partial charge in [0.2, 0.25) is 0 Å². The zero-order valence-electron chi connectivity index (χ0n) is 1.39. The van der Waals surface area contributed by atoms with E-state index in [4.69, 9.17) is 5.26 Å². The molecule has 0 rings (SSSR count). The SMILES string of the molecule is N#C[SeH].[NaH]. The van der Waals surface area contributed by atoms with Gasteiger partial charge in [0.15, 0.2) is 0 Å². The van der Waals surface area contributed by atoms with E-state index >= 15 is 0 Å². The molecule has 4 heavy (non-hydrogen) atoms. The number of rotatable bonds is 0. The van der Waals surface area contributed by atoms with E-state index < -0.39 is 0 Å². The van der Waals surface area contributed by atoms with Gasteiger partial charge in [-0.05, 0) is 0 Å². The van der Waals surface area contributed by atoms with Crippen molar-refractivity contribution in [2.24, 2.45) is 0 Å². The molecule has 0 aromatic rings. The first-order valence-corrected chi connectivity index (χ1v) is 1.39. The fourth-order valence-electron chi connectivity index (χ4n) is 0. The number of nitrogens with zero attached hydrogens (tertiary/aromatic N) is 1. The van der Waals surface area contributed by atoms with Crippen molar-refractivity contribution in [3.8, 4) is 4.97 Å². The van der Waals surface area contributed by atoms with Crippen LogP contribution in [0, 0.1) is 10.2 Å². The van der Waals surface area contributed by atoms with Gasteiger partial charge < -0.3 is 0 Å². The Balaban J connectivity index is 0. The first kappa shape index (κ1) is 8.89. The van der Waals surface area contributed by atoms with Crippen molar-refractivity contribution in [2.45, 2.75) is 0 Å². The summed E-state index contributed by atoms with van der Waals surface area (Å²) in [4.78, 5) is 1.69. The van der Waals surface area contributed by atoms with Gasteiger partial charge in [-0.15, -0.1) is 0 Å². The second-order valence-electron chi connectivity index (χ2n) is 0.100. The van der Waals surface area contributed by atoms with Crippen LogP contribution in [0.3, 0.4) is 0 Å². The molecule has 0 saturated carbocycles. The summed E-state index contributed by atoms with van der Waals surface area (Å²) < 4.78 is 0. The Hall–Kier alpha value is 1.01. The van der Waals surface area contributed by atoms with E-state index in [1.807, 2.05) is 0 Å². The average Bonchev–Trinajstić information content (AvgIpc) is 0.918. The first-order valence-electron chi connectivity index (χ1n) is 0.447. The monoisotopic (exact) mass is 131 g/mol. The zero-order chi connectivity index (χ0) is 2.71. The van der Waals surface area contributed by atoms with Gasteiger partial charge in [-0.2, -0.15) is 0 Å². The minimum absolute atomic E-state index is 0. The van der Waals surface area contributed by atoms with Gasteiger partial charge in [-0.3, -0.25) is 0 Å². The Kier molecular flexibility index (Phi) is 20.0. The molecule has 0 atom stereocenters. The maximum absolute atomic E-state index is 7.29. The molecule has 0 aromatic carbocycles. The third-order valence-electron chi connectivity index (χ3n) is 0. The van der Waals surface area contributed by atoms with Crippen LogP contribution in [0.1, 0.15) is 0 Å². The molecule has 0 bridgehead atoms. The molecule has 0 radical (unpaired) electrons. The molecule has 0 aliphatic rings. The van der Waals surface area contributed by atoms with Crippen molar-refractivity contribution in [3.63, 3.8) is 0 Å². The normalized spacial score (nSPS) is 2.00. The molecule has 18 valence electrons. The van der Waals surface area contributed by atoms with Gasteiger partial charge >= 0.3 is 55.8 Å². The van der Waals surface area contributed by atoms with Crippen molar-refractivity contribution < 1.29 is 0 Å². The molecule has 0 saturated heterocycles. The summed E-state index contributed by atoms with van der Waals surface area (Å²) in [6.45, 7) is 0. The summed E-state index contributed by atoms with van der Waals surface area (Å²) in [7, 11) is 0. The van der Waals surface area contributed by atoms with E-state index in [9.17, 15) is 0 Å². The molecule has 1 nitrogen and oxygen atoms in total. The van der Waals surface area contributed by atoms with Crippen LogP contribution in [0.2, 0.25) is 0 Å². The van der Waals surface area contributed by atoms with Crippen LogP contribution in [0.5, 0.6) is 0 Å². The first-order chi connectivity index (χ1) is 1.41. The molecule has 0 spiro atoms. The molecule has 0 unspecified atom stereocenters. The molecule has 0 fully saturated rings. The molecular weight excluding hydrogens is 128 g/mol. The van der Waals surface area contributed by atoms with E-state index in [0.717, 1.165) is 0 Å². The van der Waals surface area contributed by atoms with Crippen LogP contribution < -0.4 is 0 Å². The van der Waals surface area contributed by atoms with Gasteiger partial charge in [0.1, 0.15) is 0 Å². The number of hydrogen-bond acceptors (Lipinski definition) is 1. The summed E-state index contributed by atoms with van der Waals surface area (Å²) in [5.41, 5.74) is 0. The summed E-state index contributed by atoms with van der Waals surface area (Å²) in [6, 6.07) is 0. The van der Waals surface area contributed by atoms with Gasteiger partial charge in [0, 0.05) is 0 Å². The van der Waals surface area contributed by atoms with E-state index in [0.29, 0.717) is 0 Å². The molecule has 0 aliphatic heterocycles. The van der Waals surface area contributed by atoms with Crippen molar-refractivity contribution in [1.29, 1.82) is 5.26 Å². The quantitative estimate of drug-likeness (QED) is 0.374. The molecule has 0 N–H and O–H groups in total. The van der Waals surface area contributed by atoms with Crippen LogP contribution in [0.15, 0.2) is 0 Å². The number of hydrogen-bond donors (Lipinski definition) is 0. The molecule has 0 amide bonds. The standard InChI is InChI=1S/CHNSe.Na.H/c2-1-3;;/h3H;;. The van der Waals surface area contributed by atoms with E-state index in [-0.39, 0.29) is 29.6 Å². The van der Waals surface area contributed by atoms with Crippen LogP contribution in [0.25, 0.3) is 0 Å².